The molecule has 1 aliphatic carbocycles. The number of rotatable bonds is 4. The van der Waals surface area contributed by atoms with Gasteiger partial charge in [0.25, 0.3) is 0 Å². The fourth-order valence-electron chi connectivity index (χ4n) is 4.45. The van der Waals surface area contributed by atoms with Crippen molar-refractivity contribution in [2.45, 2.75) is 69.3 Å². The van der Waals surface area contributed by atoms with Crippen LogP contribution in [-0.2, 0) is 16.8 Å². The van der Waals surface area contributed by atoms with Gasteiger partial charge in [-0.15, -0.1) is 4.91 Å². The average molecular weight is 436 g/mol. The number of nitroso groups, excluding NO2 is 1. The smallest absolute Gasteiger partial charge is 0.312 e. The van der Waals surface area contributed by atoms with Gasteiger partial charge in [0.05, 0.1) is 0 Å². The molecule has 3 rings (SSSR count). The number of amides is 1. The quantitative estimate of drug-likeness (QED) is 0.428. The molecular formula is C20H22F6N2O2. The summed E-state index contributed by atoms with van der Waals surface area (Å²) in [7, 11) is 0. The molecule has 1 amide bonds. The lowest BCUT2D eigenvalue weighted by Crippen LogP contribution is -2.52. The van der Waals surface area contributed by atoms with Crippen molar-refractivity contribution in [3.8, 4) is 0 Å². The van der Waals surface area contributed by atoms with E-state index in [-0.39, 0.29) is 23.8 Å². The summed E-state index contributed by atoms with van der Waals surface area (Å²) in [5, 5.41) is 1.55. The third-order valence-electron chi connectivity index (χ3n) is 6.06. The molecule has 30 heavy (non-hydrogen) atoms. The van der Waals surface area contributed by atoms with Gasteiger partial charge in [-0.05, 0) is 54.8 Å². The Morgan fingerprint density at radius 1 is 1.00 bits per heavy atom. The highest BCUT2D eigenvalue weighted by atomic mass is 19.4. The molecule has 0 bridgehead atoms. The third kappa shape index (κ3) is 3.92. The fraction of sp³-hybridized carbons (Fsp3) is 0.650. The summed E-state index contributed by atoms with van der Waals surface area (Å²) in [6.45, 7) is 0.355. The number of carbonyl (C=O) groups is 1. The molecule has 0 atom stereocenters. The minimum Gasteiger partial charge on any atom is -0.312 e. The van der Waals surface area contributed by atoms with E-state index in [2.05, 4.69) is 0 Å². The summed E-state index contributed by atoms with van der Waals surface area (Å²) >= 11 is 0. The van der Waals surface area contributed by atoms with Gasteiger partial charge in [-0.3, -0.25) is 4.79 Å². The first-order chi connectivity index (χ1) is 14.0. The Labute approximate surface area is 169 Å². The molecule has 0 N–H and O–H groups in total. The molecule has 0 spiro atoms. The van der Waals surface area contributed by atoms with Crippen molar-refractivity contribution in [1.82, 2.24) is 0 Å². The van der Waals surface area contributed by atoms with Gasteiger partial charge in [-0.2, -0.15) is 26.3 Å². The second-order valence-electron chi connectivity index (χ2n) is 8.00. The first kappa shape index (κ1) is 22.6. The van der Waals surface area contributed by atoms with Gasteiger partial charge < -0.3 is 4.90 Å². The Balaban J connectivity index is 2.01. The van der Waals surface area contributed by atoms with E-state index in [0.717, 1.165) is 37.8 Å². The summed E-state index contributed by atoms with van der Waals surface area (Å²) in [5.41, 5.74) is -5.63. The topological polar surface area (TPSA) is 49.7 Å². The number of benzene rings is 1. The minimum atomic E-state index is -5.95. The first-order valence-corrected chi connectivity index (χ1v) is 9.93. The molecule has 0 unspecified atom stereocenters. The van der Waals surface area contributed by atoms with Crippen LogP contribution in [0.15, 0.2) is 23.4 Å². The predicted molar refractivity (Wildman–Crippen MR) is 97.9 cm³/mol. The lowest BCUT2D eigenvalue weighted by atomic mass is 9.87. The van der Waals surface area contributed by atoms with Crippen LogP contribution in [0.3, 0.4) is 0 Å². The summed E-state index contributed by atoms with van der Waals surface area (Å²) in [4.78, 5) is 25.3. The number of aryl methyl sites for hydroxylation is 1. The van der Waals surface area contributed by atoms with Crippen molar-refractivity contribution < 1.29 is 31.1 Å². The van der Waals surface area contributed by atoms with Crippen molar-refractivity contribution in [2.24, 2.45) is 11.1 Å². The van der Waals surface area contributed by atoms with Crippen LogP contribution < -0.4 is 4.90 Å². The highest BCUT2D eigenvalue weighted by Crippen LogP contribution is 2.53. The van der Waals surface area contributed by atoms with E-state index in [1.165, 1.54) is 4.90 Å². The summed E-state index contributed by atoms with van der Waals surface area (Å²) in [6, 6.07) is 2.43. The molecular weight excluding hydrogens is 414 g/mol. The van der Waals surface area contributed by atoms with Crippen LogP contribution in [0.5, 0.6) is 0 Å². The minimum absolute atomic E-state index is 0.177. The number of anilines is 1. The Bertz CT molecular complexity index is 785. The van der Waals surface area contributed by atoms with Crippen molar-refractivity contribution in [2.75, 3.05) is 11.4 Å². The maximum atomic E-state index is 13.4. The zero-order valence-corrected chi connectivity index (χ0v) is 16.2. The fourth-order valence-corrected chi connectivity index (χ4v) is 4.45. The number of alkyl halides is 6. The third-order valence-corrected chi connectivity index (χ3v) is 6.06. The molecule has 1 aromatic rings. The highest BCUT2D eigenvalue weighted by Gasteiger charge is 2.74. The molecule has 1 heterocycles. The second-order valence-corrected chi connectivity index (χ2v) is 8.00. The van der Waals surface area contributed by atoms with Crippen LogP contribution in [-0.4, -0.2) is 24.8 Å². The van der Waals surface area contributed by atoms with Crippen LogP contribution in [0.2, 0.25) is 0 Å². The number of nitrogens with zero attached hydrogens (tertiary/aromatic N) is 2. The van der Waals surface area contributed by atoms with E-state index in [1.54, 1.807) is 5.18 Å². The number of hydrogen-bond acceptors (Lipinski definition) is 3. The van der Waals surface area contributed by atoms with Gasteiger partial charge >= 0.3 is 17.9 Å². The van der Waals surface area contributed by atoms with Crippen LogP contribution in [0.4, 0.5) is 32.0 Å². The molecule has 0 aromatic heterocycles. The van der Waals surface area contributed by atoms with Crippen LogP contribution >= 0.6 is 0 Å². The molecule has 4 nitrogen and oxygen atoms in total. The molecule has 0 radical (unpaired) electrons. The van der Waals surface area contributed by atoms with E-state index < -0.39 is 23.5 Å². The SMILES string of the molecule is O=NC(c1ccc2c(c1)CCCCN2C(=O)CC1CCCC1)(C(F)(F)F)C(F)(F)F. The van der Waals surface area contributed by atoms with E-state index in [0.29, 0.717) is 37.6 Å². The first-order valence-electron chi connectivity index (χ1n) is 9.93. The standard InChI is InChI=1S/C20H22F6N2O2/c21-19(22,23)18(27-30,20(24,25)26)15-8-9-16-14(12-15)7-3-4-10-28(16)17(29)11-13-5-1-2-6-13/h8-9,12-13H,1-7,10-11H2. The van der Waals surface area contributed by atoms with Crippen molar-refractivity contribution in [3.63, 3.8) is 0 Å². The second kappa shape index (κ2) is 8.19. The molecule has 2 aliphatic rings. The monoisotopic (exact) mass is 436 g/mol. The molecule has 1 fully saturated rings. The Morgan fingerprint density at radius 3 is 2.20 bits per heavy atom. The summed E-state index contributed by atoms with van der Waals surface area (Å²) in [5.74, 6) is 0.0788. The zero-order chi connectivity index (χ0) is 22.2. The van der Waals surface area contributed by atoms with E-state index in [9.17, 15) is 36.0 Å². The largest absolute Gasteiger partial charge is 0.430 e. The lowest BCUT2D eigenvalue weighted by Gasteiger charge is -2.32. The number of fused-ring (bicyclic) bond motifs is 1. The van der Waals surface area contributed by atoms with E-state index >= 15 is 0 Å². The normalized spacial score (nSPS) is 18.8. The Morgan fingerprint density at radius 2 is 1.63 bits per heavy atom. The molecule has 1 aromatic carbocycles. The van der Waals surface area contributed by atoms with Gasteiger partial charge in [0.2, 0.25) is 5.91 Å². The van der Waals surface area contributed by atoms with E-state index in [4.69, 9.17) is 0 Å². The summed E-state index contributed by atoms with van der Waals surface area (Å²) < 4.78 is 80.5. The van der Waals surface area contributed by atoms with Gasteiger partial charge in [0, 0.05) is 24.2 Å². The molecule has 166 valence electrons. The average Bonchev–Trinajstić information content (AvgIpc) is 3.04. The van der Waals surface area contributed by atoms with Gasteiger partial charge in [0.1, 0.15) is 0 Å². The molecule has 1 saturated carbocycles. The number of halogens is 6. The van der Waals surface area contributed by atoms with Crippen LogP contribution in [0, 0.1) is 10.8 Å². The van der Waals surface area contributed by atoms with Gasteiger partial charge in [0.15, 0.2) is 0 Å². The van der Waals surface area contributed by atoms with Gasteiger partial charge in [-0.25, -0.2) is 0 Å². The lowest BCUT2D eigenvalue weighted by molar-refractivity contribution is -0.301. The van der Waals surface area contributed by atoms with Crippen molar-refractivity contribution in [3.05, 3.63) is 34.2 Å². The van der Waals surface area contributed by atoms with Crippen molar-refractivity contribution >= 4 is 11.6 Å². The maximum Gasteiger partial charge on any atom is 0.430 e. The predicted octanol–water partition coefficient (Wildman–Crippen LogP) is 6.02. The van der Waals surface area contributed by atoms with Crippen LogP contribution in [0.25, 0.3) is 0 Å². The number of carbonyl (C=O) groups excluding carboxylic acids is 1. The summed E-state index contributed by atoms with van der Waals surface area (Å²) in [6.07, 6.45) is -6.33. The maximum absolute atomic E-state index is 13.4. The zero-order valence-electron chi connectivity index (χ0n) is 16.2. The van der Waals surface area contributed by atoms with Crippen molar-refractivity contribution in [1.29, 1.82) is 0 Å². The Kier molecular flexibility index (Phi) is 6.15. The van der Waals surface area contributed by atoms with Crippen LogP contribution in [0.1, 0.15) is 56.1 Å². The molecule has 0 saturated heterocycles. The Hall–Kier alpha value is -2.13. The number of hydrogen-bond donors (Lipinski definition) is 0. The van der Waals surface area contributed by atoms with E-state index in [1.807, 2.05) is 0 Å². The molecule has 10 heteroatoms. The highest BCUT2D eigenvalue weighted by molar-refractivity contribution is 5.94. The van der Waals surface area contributed by atoms with Gasteiger partial charge in [-0.1, -0.05) is 25.0 Å². The molecule has 1 aliphatic heterocycles.